The zero-order valence-corrected chi connectivity index (χ0v) is 13.7. The number of nitrogens with one attached hydrogen (secondary N) is 1. The lowest BCUT2D eigenvalue weighted by Gasteiger charge is -2.05. The molecule has 0 saturated carbocycles. The predicted molar refractivity (Wildman–Crippen MR) is 92.6 cm³/mol. The van der Waals surface area contributed by atoms with Gasteiger partial charge in [0.15, 0.2) is 5.78 Å². The second-order valence-electron chi connectivity index (χ2n) is 5.68. The Balaban J connectivity index is 1.98. The van der Waals surface area contributed by atoms with Gasteiger partial charge in [0, 0.05) is 29.8 Å². The molecule has 1 amide bonds. The predicted octanol–water partition coefficient (Wildman–Crippen LogP) is 3.90. The summed E-state index contributed by atoms with van der Waals surface area (Å²) in [7, 11) is 0. The monoisotopic (exact) mass is 338 g/mol. The molecule has 0 aliphatic rings. The highest BCUT2D eigenvalue weighted by atomic mass is 19.1. The van der Waals surface area contributed by atoms with Gasteiger partial charge in [0.05, 0.1) is 11.1 Å². The first-order valence-electron chi connectivity index (χ1n) is 7.60. The topological polar surface area (TPSA) is 68.2 Å². The Hall–Kier alpha value is -3.28. The zero-order valence-electron chi connectivity index (χ0n) is 13.7. The van der Waals surface area contributed by atoms with E-state index < -0.39 is 11.7 Å². The molecule has 3 aromatic rings. The van der Waals surface area contributed by atoms with Crippen molar-refractivity contribution in [1.29, 1.82) is 0 Å². The molecule has 3 rings (SSSR count). The third kappa shape index (κ3) is 3.19. The van der Waals surface area contributed by atoms with Crippen molar-refractivity contribution >= 4 is 34.2 Å². The van der Waals surface area contributed by atoms with Gasteiger partial charge in [-0.05, 0) is 49.4 Å². The van der Waals surface area contributed by atoms with Crippen LogP contribution in [0, 0.1) is 5.82 Å². The number of fused-ring (bicyclic) bond motifs is 1. The second kappa shape index (κ2) is 6.32. The largest absolute Gasteiger partial charge is 0.322 e. The van der Waals surface area contributed by atoms with Gasteiger partial charge in [-0.25, -0.2) is 4.39 Å². The number of carbonyl (C=O) groups is 3. The molecule has 0 radical (unpaired) electrons. The molecule has 0 saturated heterocycles. The molecule has 0 aliphatic heterocycles. The van der Waals surface area contributed by atoms with Gasteiger partial charge >= 0.3 is 0 Å². The number of amides is 1. The highest BCUT2D eigenvalue weighted by Crippen LogP contribution is 2.24. The van der Waals surface area contributed by atoms with E-state index in [0.717, 1.165) is 0 Å². The summed E-state index contributed by atoms with van der Waals surface area (Å²) in [6.07, 6.45) is 1.39. The summed E-state index contributed by atoms with van der Waals surface area (Å²) >= 11 is 0. The number of ketones is 1. The molecule has 0 fully saturated rings. The summed E-state index contributed by atoms with van der Waals surface area (Å²) in [4.78, 5) is 35.6. The minimum Gasteiger partial charge on any atom is -0.322 e. The molecule has 1 heterocycles. The van der Waals surface area contributed by atoms with E-state index in [1.165, 1.54) is 42.8 Å². The van der Waals surface area contributed by atoms with Crippen molar-refractivity contribution < 1.29 is 18.8 Å². The number of halogens is 1. The minimum atomic E-state index is -0.492. The molecule has 0 aliphatic carbocycles. The number of rotatable bonds is 3. The molecule has 1 aromatic heterocycles. The summed E-state index contributed by atoms with van der Waals surface area (Å²) in [5.74, 6) is -1.31. The third-order valence-corrected chi connectivity index (χ3v) is 3.90. The first-order chi connectivity index (χ1) is 11.9. The zero-order chi connectivity index (χ0) is 18.1. The van der Waals surface area contributed by atoms with Crippen LogP contribution < -0.4 is 5.32 Å². The summed E-state index contributed by atoms with van der Waals surface area (Å²) in [6.45, 7) is 2.82. The fourth-order valence-corrected chi connectivity index (χ4v) is 2.63. The first-order valence-corrected chi connectivity index (χ1v) is 7.60. The molecule has 0 unspecified atom stereocenters. The summed E-state index contributed by atoms with van der Waals surface area (Å²) in [5.41, 5.74) is 1.69. The number of aromatic nitrogens is 1. The maximum atomic E-state index is 13.6. The number of hydrogen-bond donors (Lipinski definition) is 1. The van der Waals surface area contributed by atoms with Crippen LogP contribution in [0.15, 0.2) is 48.7 Å². The van der Waals surface area contributed by atoms with Crippen LogP contribution in [0.1, 0.15) is 39.4 Å². The Morgan fingerprint density at radius 1 is 1.00 bits per heavy atom. The van der Waals surface area contributed by atoms with Gasteiger partial charge in [-0.3, -0.25) is 19.0 Å². The van der Waals surface area contributed by atoms with Crippen LogP contribution in [0.25, 0.3) is 10.9 Å². The molecule has 0 bridgehead atoms. The van der Waals surface area contributed by atoms with E-state index in [2.05, 4.69) is 5.32 Å². The Kier molecular flexibility index (Phi) is 4.19. The van der Waals surface area contributed by atoms with Crippen molar-refractivity contribution in [1.82, 2.24) is 4.57 Å². The Bertz CT molecular complexity index is 1000. The van der Waals surface area contributed by atoms with Crippen molar-refractivity contribution in [3.63, 3.8) is 0 Å². The van der Waals surface area contributed by atoms with Crippen molar-refractivity contribution in [2.45, 2.75) is 13.8 Å². The summed E-state index contributed by atoms with van der Waals surface area (Å²) < 4.78 is 14.9. The second-order valence-corrected chi connectivity index (χ2v) is 5.68. The summed E-state index contributed by atoms with van der Waals surface area (Å²) in [5, 5.41) is 3.05. The summed E-state index contributed by atoms with van der Waals surface area (Å²) in [6, 6.07) is 10.4. The molecule has 2 aromatic carbocycles. The van der Waals surface area contributed by atoms with Crippen LogP contribution in [0.4, 0.5) is 10.1 Å². The lowest BCUT2D eigenvalue weighted by atomic mass is 10.1. The lowest BCUT2D eigenvalue weighted by molar-refractivity contribution is 0.0940. The average molecular weight is 338 g/mol. The van der Waals surface area contributed by atoms with E-state index in [1.54, 1.807) is 24.3 Å². The lowest BCUT2D eigenvalue weighted by Crippen LogP contribution is -2.12. The molecular weight excluding hydrogens is 323 g/mol. The number of benzene rings is 2. The number of anilines is 1. The molecule has 0 atom stereocenters. The fraction of sp³-hybridized carbons (Fsp3) is 0.105. The van der Waals surface area contributed by atoms with Crippen molar-refractivity contribution in [3.8, 4) is 0 Å². The van der Waals surface area contributed by atoms with Crippen LogP contribution in [0.5, 0.6) is 0 Å². The van der Waals surface area contributed by atoms with Gasteiger partial charge in [-0.15, -0.1) is 0 Å². The molecule has 1 N–H and O–H groups in total. The van der Waals surface area contributed by atoms with E-state index in [-0.39, 0.29) is 17.3 Å². The normalized spacial score (nSPS) is 10.7. The van der Waals surface area contributed by atoms with Crippen LogP contribution in [0.2, 0.25) is 0 Å². The van der Waals surface area contributed by atoms with E-state index in [4.69, 9.17) is 0 Å². The fourth-order valence-electron chi connectivity index (χ4n) is 2.63. The quantitative estimate of drug-likeness (QED) is 0.737. The smallest absolute Gasteiger partial charge is 0.257 e. The van der Waals surface area contributed by atoms with Crippen molar-refractivity contribution in [3.05, 3.63) is 65.6 Å². The van der Waals surface area contributed by atoms with Gasteiger partial charge < -0.3 is 5.32 Å². The Morgan fingerprint density at radius 2 is 1.68 bits per heavy atom. The van der Waals surface area contributed by atoms with Gasteiger partial charge in [0.1, 0.15) is 5.82 Å². The molecular formula is C19H15FN2O3. The molecule has 25 heavy (non-hydrogen) atoms. The standard InChI is InChI=1S/C19H15FN2O3/c1-11(23)13-3-6-15(7-4-13)21-19(25)17-10-22(12(2)24)18-8-5-14(20)9-16(17)18/h3-10H,1-2H3,(H,21,25). The van der Waals surface area contributed by atoms with Gasteiger partial charge in [0.25, 0.3) is 5.91 Å². The van der Waals surface area contributed by atoms with Crippen molar-refractivity contribution in [2.24, 2.45) is 0 Å². The molecule has 126 valence electrons. The van der Waals surface area contributed by atoms with Crippen LogP contribution in [-0.4, -0.2) is 22.2 Å². The van der Waals surface area contributed by atoms with E-state index >= 15 is 0 Å². The van der Waals surface area contributed by atoms with E-state index in [9.17, 15) is 18.8 Å². The van der Waals surface area contributed by atoms with Gasteiger partial charge in [0.2, 0.25) is 5.91 Å². The minimum absolute atomic E-state index is 0.0714. The van der Waals surface area contributed by atoms with Crippen molar-refractivity contribution in [2.75, 3.05) is 5.32 Å². The molecule has 6 heteroatoms. The Labute approximate surface area is 143 Å². The van der Waals surface area contributed by atoms with E-state index in [1.807, 2.05) is 0 Å². The average Bonchev–Trinajstić information content (AvgIpc) is 2.94. The van der Waals surface area contributed by atoms with Crippen LogP contribution >= 0.6 is 0 Å². The maximum absolute atomic E-state index is 13.6. The molecule has 5 nitrogen and oxygen atoms in total. The number of nitrogens with zero attached hydrogens (tertiary/aromatic N) is 1. The number of hydrogen-bond acceptors (Lipinski definition) is 3. The van der Waals surface area contributed by atoms with Gasteiger partial charge in [-0.2, -0.15) is 0 Å². The number of Topliss-reactive ketones (excluding diaryl/α,β-unsaturated/α-hetero) is 1. The highest BCUT2D eigenvalue weighted by molar-refractivity contribution is 6.14. The van der Waals surface area contributed by atoms with Gasteiger partial charge in [-0.1, -0.05) is 0 Å². The SMILES string of the molecule is CC(=O)c1ccc(NC(=O)c2cn(C(C)=O)c3ccc(F)cc23)cc1. The highest BCUT2D eigenvalue weighted by Gasteiger charge is 2.17. The third-order valence-electron chi connectivity index (χ3n) is 3.90. The maximum Gasteiger partial charge on any atom is 0.257 e. The molecule has 0 spiro atoms. The van der Waals surface area contributed by atoms with Crippen LogP contribution in [-0.2, 0) is 0 Å². The Morgan fingerprint density at radius 3 is 2.28 bits per heavy atom. The van der Waals surface area contributed by atoms with E-state index in [0.29, 0.717) is 22.2 Å². The van der Waals surface area contributed by atoms with Crippen LogP contribution in [0.3, 0.4) is 0 Å². The number of carbonyl (C=O) groups excluding carboxylic acids is 3. The first kappa shape index (κ1) is 16.6.